The van der Waals surface area contributed by atoms with Crippen molar-refractivity contribution in [1.82, 2.24) is 4.98 Å². The second kappa shape index (κ2) is 8.73. The van der Waals surface area contributed by atoms with Gasteiger partial charge in [0.15, 0.2) is 0 Å². The Morgan fingerprint density at radius 1 is 1.00 bits per heavy atom. The van der Waals surface area contributed by atoms with E-state index >= 15 is 0 Å². The van der Waals surface area contributed by atoms with Gasteiger partial charge in [0.2, 0.25) is 0 Å². The number of benzene rings is 3. The van der Waals surface area contributed by atoms with Gasteiger partial charge in [-0.3, -0.25) is 4.72 Å². The lowest BCUT2D eigenvalue weighted by atomic mass is 10.1. The van der Waals surface area contributed by atoms with E-state index in [4.69, 9.17) is 9.47 Å². The molecule has 0 bridgehead atoms. The van der Waals surface area contributed by atoms with E-state index in [1.807, 2.05) is 30.5 Å². The number of nitrogens with one attached hydrogen (secondary N) is 1. The first-order chi connectivity index (χ1) is 14.6. The van der Waals surface area contributed by atoms with Gasteiger partial charge in [-0.05, 0) is 31.2 Å². The predicted molar refractivity (Wildman–Crippen MR) is 119 cm³/mol. The highest BCUT2D eigenvalue weighted by atomic mass is 32.2. The summed E-state index contributed by atoms with van der Waals surface area (Å²) in [6.07, 6.45) is 0. The quantitative estimate of drug-likeness (QED) is 0.414. The Kier molecular flexibility index (Phi) is 5.87. The van der Waals surface area contributed by atoms with Gasteiger partial charge in [0.1, 0.15) is 18.1 Å². The van der Waals surface area contributed by atoms with E-state index in [9.17, 15) is 8.42 Å². The maximum Gasteiger partial charge on any atom is 0.262 e. The van der Waals surface area contributed by atoms with E-state index in [2.05, 4.69) is 9.71 Å². The molecule has 8 heteroatoms. The highest BCUT2D eigenvalue weighted by molar-refractivity contribution is 7.93. The Hall–Kier alpha value is -3.10. The molecule has 0 saturated carbocycles. The molecule has 0 saturated heterocycles. The van der Waals surface area contributed by atoms with Crippen LogP contribution < -0.4 is 14.2 Å². The van der Waals surface area contributed by atoms with Crippen LogP contribution in [-0.4, -0.2) is 20.0 Å². The molecule has 0 aliphatic carbocycles. The van der Waals surface area contributed by atoms with Crippen LogP contribution in [0.1, 0.15) is 12.6 Å². The molecule has 1 N–H and O–H groups in total. The number of nitrogens with zero attached hydrogens (tertiary/aromatic N) is 1. The molecule has 0 atom stereocenters. The van der Waals surface area contributed by atoms with Gasteiger partial charge in [0, 0.05) is 22.2 Å². The summed E-state index contributed by atoms with van der Waals surface area (Å²) in [5.74, 6) is 1.21. The summed E-state index contributed by atoms with van der Waals surface area (Å²) in [7, 11) is -3.82. The Bertz CT molecular complexity index is 1260. The second-order valence-corrected chi connectivity index (χ2v) is 8.81. The van der Waals surface area contributed by atoms with E-state index in [0.29, 0.717) is 35.8 Å². The first-order valence-corrected chi connectivity index (χ1v) is 11.8. The molecule has 6 nitrogen and oxygen atoms in total. The van der Waals surface area contributed by atoms with E-state index in [1.165, 1.54) is 11.3 Å². The van der Waals surface area contributed by atoms with Crippen LogP contribution in [0.4, 0.5) is 5.69 Å². The minimum Gasteiger partial charge on any atom is -0.493 e. The molecule has 3 aromatic carbocycles. The van der Waals surface area contributed by atoms with Gasteiger partial charge in [-0.2, -0.15) is 0 Å². The average molecular weight is 441 g/mol. The number of hydrogen-bond donors (Lipinski definition) is 1. The summed E-state index contributed by atoms with van der Waals surface area (Å²) in [5.41, 5.74) is 2.99. The van der Waals surface area contributed by atoms with Gasteiger partial charge >= 0.3 is 0 Å². The van der Waals surface area contributed by atoms with Crippen molar-refractivity contribution < 1.29 is 17.9 Å². The van der Waals surface area contributed by atoms with Crippen molar-refractivity contribution in [2.45, 2.75) is 18.4 Å². The van der Waals surface area contributed by atoms with Gasteiger partial charge in [-0.25, -0.2) is 13.4 Å². The van der Waals surface area contributed by atoms with Crippen LogP contribution in [0.3, 0.4) is 0 Å². The average Bonchev–Trinajstić information content (AvgIpc) is 3.26. The van der Waals surface area contributed by atoms with Crippen molar-refractivity contribution in [3.63, 3.8) is 0 Å². The van der Waals surface area contributed by atoms with E-state index < -0.39 is 10.0 Å². The van der Waals surface area contributed by atoms with Crippen LogP contribution in [0.5, 0.6) is 11.5 Å². The summed E-state index contributed by atoms with van der Waals surface area (Å²) < 4.78 is 40.3. The molecule has 0 aliphatic rings. The molecule has 0 amide bonds. The fourth-order valence-electron chi connectivity index (χ4n) is 3.09. The molecule has 4 rings (SSSR count). The Morgan fingerprint density at radius 2 is 1.83 bits per heavy atom. The summed E-state index contributed by atoms with van der Waals surface area (Å²) in [5, 5.41) is 3.26. The predicted octanol–water partition coefficient (Wildman–Crippen LogP) is 5.07. The number of sulfonamides is 1. The summed E-state index contributed by atoms with van der Waals surface area (Å²) in [4.78, 5) is 4.36. The summed E-state index contributed by atoms with van der Waals surface area (Å²) in [6, 6.07) is 17.4. The number of fused-ring (bicyclic) bond motifs is 1. The molecule has 0 radical (unpaired) electrons. The topological polar surface area (TPSA) is 77.5 Å². The van der Waals surface area contributed by atoms with E-state index in [0.717, 1.165) is 11.1 Å². The number of ether oxygens (including phenoxy) is 2. The number of anilines is 1. The zero-order valence-corrected chi connectivity index (χ0v) is 17.9. The Labute approximate surface area is 179 Å². The van der Waals surface area contributed by atoms with Crippen LogP contribution in [0, 0.1) is 0 Å². The fraction of sp³-hybridized carbons (Fsp3) is 0.136. The lowest BCUT2D eigenvalue weighted by Gasteiger charge is -2.14. The monoisotopic (exact) mass is 440 g/mol. The van der Waals surface area contributed by atoms with Crippen molar-refractivity contribution in [1.29, 1.82) is 0 Å². The Morgan fingerprint density at radius 3 is 2.60 bits per heavy atom. The van der Waals surface area contributed by atoms with Gasteiger partial charge in [0.25, 0.3) is 10.0 Å². The minimum atomic E-state index is -3.82. The van der Waals surface area contributed by atoms with Crippen LogP contribution in [-0.2, 0) is 16.6 Å². The normalized spacial score (nSPS) is 11.4. The standard InChI is InChI=1S/C22H20N2O4S2/c1-2-27-21-10-11-22(20-9-4-3-8-19(20)21)30(25,26)24-16-6-5-7-18(12-16)28-13-17-14-29-15-23-17/h3-12,14-15,24H,2,13H2,1H3. The van der Waals surface area contributed by atoms with Crippen LogP contribution in [0.2, 0.25) is 0 Å². The third-order valence-electron chi connectivity index (χ3n) is 4.39. The van der Waals surface area contributed by atoms with Gasteiger partial charge in [-0.15, -0.1) is 11.3 Å². The summed E-state index contributed by atoms with van der Waals surface area (Å²) in [6.45, 7) is 2.72. The lowest BCUT2D eigenvalue weighted by Crippen LogP contribution is -2.13. The molecule has 1 heterocycles. The zero-order valence-electron chi connectivity index (χ0n) is 16.2. The van der Waals surface area contributed by atoms with Crippen molar-refractivity contribution in [2.24, 2.45) is 0 Å². The molecule has 30 heavy (non-hydrogen) atoms. The molecule has 1 aromatic heterocycles. The highest BCUT2D eigenvalue weighted by Crippen LogP contribution is 2.32. The number of thiazole rings is 1. The van der Waals surface area contributed by atoms with Crippen LogP contribution in [0.25, 0.3) is 10.8 Å². The number of aromatic nitrogens is 1. The molecule has 0 fully saturated rings. The van der Waals surface area contributed by atoms with Gasteiger partial charge < -0.3 is 9.47 Å². The largest absolute Gasteiger partial charge is 0.493 e. The molecule has 0 aliphatic heterocycles. The third-order valence-corrected chi connectivity index (χ3v) is 6.46. The molecule has 0 unspecified atom stereocenters. The van der Waals surface area contributed by atoms with Crippen LogP contribution >= 0.6 is 11.3 Å². The van der Waals surface area contributed by atoms with Crippen molar-refractivity contribution in [3.8, 4) is 11.5 Å². The zero-order chi connectivity index (χ0) is 21.0. The van der Waals surface area contributed by atoms with Crippen molar-refractivity contribution in [2.75, 3.05) is 11.3 Å². The fourth-order valence-corrected chi connectivity index (χ4v) is 4.89. The van der Waals surface area contributed by atoms with E-state index in [-0.39, 0.29) is 4.90 Å². The molecular formula is C22H20N2O4S2. The maximum atomic E-state index is 13.1. The van der Waals surface area contributed by atoms with Crippen LogP contribution in [0.15, 0.2) is 76.4 Å². The van der Waals surface area contributed by atoms with Gasteiger partial charge in [0.05, 0.1) is 28.4 Å². The minimum absolute atomic E-state index is 0.190. The maximum absolute atomic E-state index is 13.1. The van der Waals surface area contributed by atoms with Crippen molar-refractivity contribution in [3.05, 3.63) is 77.2 Å². The SMILES string of the molecule is CCOc1ccc(S(=O)(=O)Nc2cccc(OCc3cscn3)c2)c2ccccc12. The third kappa shape index (κ3) is 4.39. The highest BCUT2D eigenvalue weighted by Gasteiger charge is 2.19. The Balaban J connectivity index is 1.61. The molecular weight excluding hydrogens is 420 g/mol. The molecule has 0 spiro atoms. The lowest BCUT2D eigenvalue weighted by molar-refractivity contribution is 0.302. The first-order valence-electron chi connectivity index (χ1n) is 9.34. The van der Waals surface area contributed by atoms with Crippen molar-refractivity contribution >= 4 is 37.8 Å². The second-order valence-electron chi connectivity index (χ2n) is 6.44. The number of rotatable bonds is 8. The van der Waals surface area contributed by atoms with E-state index in [1.54, 1.807) is 48.0 Å². The van der Waals surface area contributed by atoms with Gasteiger partial charge in [-0.1, -0.05) is 30.3 Å². The first kappa shape index (κ1) is 20.2. The smallest absolute Gasteiger partial charge is 0.262 e. The molecule has 154 valence electrons. The summed E-state index contributed by atoms with van der Waals surface area (Å²) >= 11 is 1.50. The number of hydrogen-bond acceptors (Lipinski definition) is 6. The molecule has 4 aromatic rings.